The van der Waals surface area contributed by atoms with E-state index in [1.807, 2.05) is 29.5 Å². The van der Waals surface area contributed by atoms with Crippen molar-refractivity contribution in [3.05, 3.63) is 18.0 Å². The van der Waals surface area contributed by atoms with E-state index in [1.165, 1.54) is 0 Å². The highest BCUT2D eigenvalue weighted by Crippen LogP contribution is 2.30. The molecule has 1 aliphatic rings. The fraction of sp³-hybridized carbons (Fsp3) is 0.667. The van der Waals surface area contributed by atoms with Gasteiger partial charge in [-0.25, -0.2) is 0 Å². The zero-order valence-corrected chi connectivity index (χ0v) is 10.4. The normalized spacial score (nSPS) is 25.3. The molecular formula is C12H19N3O2. The van der Waals surface area contributed by atoms with Crippen molar-refractivity contribution < 1.29 is 9.90 Å². The molecule has 1 saturated heterocycles. The summed E-state index contributed by atoms with van der Waals surface area (Å²) in [5.41, 5.74) is 0.366. The Labute approximate surface area is 101 Å². The third-order valence-electron chi connectivity index (χ3n) is 3.71. The number of aromatic nitrogens is 2. The number of aryl methyl sites for hydroxylation is 1. The Bertz CT molecular complexity index is 416. The highest BCUT2D eigenvalue weighted by atomic mass is 16.4. The van der Waals surface area contributed by atoms with Gasteiger partial charge in [-0.3, -0.25) is 14.4 Å². The Morgan fingerprint density at radius 3 is 3.06 bits per heavy atom. The second-order valence-electron chi connectivity index (χ2n) is 4.74. The molecule has 2 heterocycles. The third-order valence-corrected chi connectivity index (χ3v) is 3.71. The van der Waals surface area contributed by atoms with Crippen LogP contribution in [0.5, 0.6) is 0 Å². The maximum Gasteiger partial charge on any atom is 0.323 e. The predicted molar refractivity (Wildman–Crippen MR) is 63.6 cm³/mol. The summed E-state index contributed by atoms with van der Waals surface area (Å²) in [4.78, 5) is 13.4. The lowest BCUT2D eigenvalue weighted by Gasteiger charge is -2.31. The van der Waals surface area contributed by atoms with E-state index in [-0.39, 0.29) is 0 Å². The summed E-state index contributed by atoms with van der Waals surface area (Å²) in [6.45, 7) is 6.18. The van der Waals surface area contributed by atoms with Crippen molar-refractivity contribution in [3.8, 4) is 0 Å². The fourth-order valence-electron chi connectivity index (χ4n) is 2.49. The largest absolute Gasteiger partial charge is 0.480 e. The molecule has 2 rings (SSSR count). The SMILES string of the molecule is CCn1nccc1CN1CCCC1(C)C(=O)O. The van der Waals surface area contributed by atoms with Crippen molar-refractivity contribution >= 4 is 5.97 Å². The molecule has 5 nitrogen and oxygen atoms in total. The van der Waals surface area contributed by atoms with Crippen LogP contribution < -0.4 is 0 Å². The summed E-state index contributed by atoms with van der Waals surface area (Å²) in [6.07, 6.45) is 3.44. The van der Waals surface area contributed by atoms with Gasteiger partial charge in [0.05, 0.1) is 5.69 Å². The second kappa shape index (κ2) is 4.49. The van der Waals surface area contributed by atoms with E-state index < -0.39 is 11.5 Å². The van der Waals surface area contributed by atoms with Gasteiger partial charge in [0.15, 0.2) is 0 Å². The van der Waals surface area contributed by atoms with Crippen molar-refractivity contribution in [1.29, 1.82) is 0 Å². The van der Waals surface area contributed by atoms with Crippen molar-refractivity contribution in [1.82, 2.24) is 14.7 Å². The minimum atomic E-state index is -0.724. The van der Waals surface area contributed by atoms with Crippen LogP contribution in [0.25, 0.3) is 0 Å². The van der Waals surface area contributed by atoms with Gasteiger partial charge in [0, 0.05) is 19.3 Å². The van der Waals surface area contributed by atoms with Gasteiger partial charge < -0.3 is 5.11 Å². The molecule has 0 aliphatic carbocycles. The Kier molecular flexibility index (Phi) is 3.19. The molecule has 0 radical (unpaired) electrons. The molecule has 1 aromatic heterocycles. The average Bonchev–Trinajstić information content (AvgIpc) is 2.88. The molecule has 17 heavy (non-hydrogen) atoms. The van der Waals surface area contributed by atoms with Crippen molar-refractivity contribution in [3.63, 3.8) is 0 Å². The summed E-state index contributed by atoms with van der Waals surface area (Å²) in [5.74, 6) is -0.724. The first kappa shape index (κ1) is 12.1. The number of carboxylic acid groups (broad SMARTS) is 1. The van der Waals surface area contributed by atoms with Crippen LogP contribution in [0.15, 0.2) is 12.3 Å². The Morgan fingerprint density at radius 2 is 2.41 bits per heavy atom. The first-order valence-corrected chi connectivity index (χ1v) is 6.07. The fourth-order valence-corrected chi connectivity index (χ4v) is 2.49. The first-order valence-electron chi connectivity index (χ1n) is 6.07. The van der Waals surface area contributed by atoms with Gasteiger partial charge >= 0.3 is 5.97 Å². The van der Waals surface area contributed by atoms with Crippen LogP contribution in [0.2, 0.25) is 0 Å². The molecule has 0 spiro atoms. The predicted octanol–water partition coefficient (Wildman–Crippen LogP) is 1.34. The molecule has 1 aliphatic heterocycles. The summed E-state index contributed by atoms with van der Waals surface area (Å²) in [6, 6.07) is 1.96. The van der Waals surface area contributed by atoms with Crippen LogP contribution >= 0.6 is 0 Å². The van der Waals surface area contributed by atoms with Gasteiger partial charge in [-0.2, -0.15) is 5.10 Å². The number of carbonyl (C=O) groups is 1. The molecule has 1 unspecified atom stereocenters. The summed E-state index contributed by atoms with van der Waals surface area (Å²) in [7, 11) is 0. The third kappa shape index (κ3) is 2.07. The number of carboxylic acids is 1. The van der Waals surface area contributed by atoms with Crippen LogP contribution in [-0.4, -0.2) is 37.8 Å². The van der Waals surface area contributed by atoms with Crippen LogP contribution in [0.3, 0.4) is 0 Å². The Balaban J connectivity index is 2.16. The Morgan fingerprint density at radius 1 is 1.65 bits per heavy atom. The molecule has 94 valence electrons. The highest BCUT2D eigenvalue weighted by molar-refractivity contribution is 5.78. The molecule has 0 bridgehead atoms. The van der Waals surface area contributed by atoms with E-state index in [0.717, 1.165) is 31.6 Å². The number of hydrogen-bond acceptors (Lipinski definition) is 3. The lowest BCUT2D eigenvalue weighted by molar-refractivity contribution is -0.149. The summed E-state index contributed by atoms with van der Waals surface area (Å²) < 4.78 is 1.92. The van der Waals surface area contributed by atoms with Gasteiger partial charge in [0.1, 0.15) is 5.54 Å². The van der Waals surface area contributed by atoms with Gasteiger partial charge in [0.2, 0.25) is 0 Å². The van der Waals surface area contributed by atoms with Gasteiger partial charge in [-0.15, -0.1) is 0 Å². The topological polar surface area (TPSA) is 58.4 Å². The summed E-state index contributed by atoms with van der Waals surface area (Å²) >= 11 is 0. The van der Waals surface area contributed by atoms with Gasteiger partial charge in [-0.1, -0.05) is 0 Å². The number of rotatable bonds is 4. The number of aliphatic carboxylic acids is 1. The monoisotopic (exact) mass is 237 g/mol. The van der Waals surface area contributed by atoms with Crippen molar-refractivity contribution in [2.45, 2.75) is 45.3 Å². The molecule has 0 saturated carbocycles. The minimum Gasteiger partial charge on any atom is -0.480 e. The molecule has 0 aromatic carbocycles. The van der Waals surface area contributed by atoms with Gasteiger partial charge in [-0.05, 0) is 39.3 Å². The lowest BCUT2D eigenvalue weighted by Crippen LogP contribution is -2.47. The van der Waals surface area contributed by atoms with E-state index in [1.54, 1.807) is 6.20 Å². The second-order valence-corrected chi connectivity index (χ2v) is 4.74. The first-order chi connectivity index (χ1) is 8.08. The van der Waals surface area contributed by atoms with Crippen LogP contribution in [-0.2, 0) is 17.9 Å². The smallest absolute Gasteiger partial charge is 0.323 e. The maximum atomic E-state index is 11.4. The lowest BCUT2D eigenvalue weighted by atomic mass is 9.99. The van der Waals surface area contributed by atoms with E-state index in [0.29, 0.717) is 6.54 Å². The number of hydrogen-bond donors (Lipinski definition) is 1. The molecule has 1 atom stereocenters. The standard InChI is InChI=1S/C12H19N3O2/c1-3-15-10(5-7-13-15)9-14-8-4-6-12(14,2)11(16)17/h5,7H,3-4,6,8-9H2,1-2H3,(H,16,17). The number of nitrogens with zero attached hydrogens (tertiary/aromatic N) is 3. The molecule has 5 heteroatoms. The minimum absolute atomic E-state index is 0.663. The molecular weight excluding hydrogens is 218 g/mol. The van der Waals surface area contributed by atoms with E-state index >= 15 is 0 Å². The van der Waals surface area contributed by atoms with Crippen molar-refractivity contribution in [2.75, 3.05) is 6.54 Å². The zero-order chi connectivity index (χ0) is 12.5. The molecule has 1 fully saturated rings. The average molecular weight is 237 g/mol. The summed E-state index contributed by atoms with van der Waals surface area (Å²) in [5, 5.41) is 13.5. The quantitative estimate of drug-likeness (QED) is 0.858. The van der Waals surface area contributed by atoms with Crippen molar-refractivity contribution in [2.24, 2.45) is 0 Å². The Hall–Kier alpha value is -1.36. The molecule has 0 amide bonds. The number of likely N-dealkylation sites (tertiary alicyclic amines) is 1. The van der Waals surface area contributed by atoms with Gasteiger partial charge in [0.25, 0.3) is 0 Å². The highest BCUT2D eigenvalue weighted by Gasteiger charge is 2.43. The van der Waals surface area contributed by atoms with Crippen LogP contribution in [0.1, 0.15) is 32.4 Å². The maximum absolute atomic E-state index is 11.4. The van der Waals surface area contributed by atoms with E-state index in [4.69, 9.17) is 0 Å². The van der Waals surface area contributed by atoms with E-state index in [9.17, 15) is 9.90 Å². The van der Waals surface area contributed by atoms with Crippen LogP contribution in [0, 0.1) is 0 Å². The molecule has 1 aromatic rings. The molecule has 1 N–H and O–H groups in total. The zero-order valence-electron chi connectivity index (χ0n) is 10.4. The van der Waals surface area contributed by atoms with E-state index in [2.05, 4.69) is 5.10 Å². The van der Waals surface area contributed by atoms with Crippen LogP contribution in [0.4, 0.5) is 0 Å².